The average molecular weight is 530 g/mol. The number of carbonyl (C=O) groups is 2. The number of nitrogens with one attached hydrogen (secondary N) is 1. The van der Waals surface area contributed by atoms with Gasteiger partial charge in [0, 0.05) is 46.0 Å². The van der Waals surface area contributed by atoms with Crippen LogP contribution in [0.15, 0.2) is 42.6 Å². The van der Waals surface area contributed by atoms with Gasteiger partial charge in [0.25, 0.3) is 0 Å². The standard InChI is InChI=1S/C19H17ClFN5S.C4H4O4/c20-17-8-15-18(23-11-24-19(15)27-17)25-14-3-5-26(6-4-14)10-12-1-2-16(21)13(7-12)9-22;5-3(6)1-2-4(7)8/h1-2,7-8,11,14H,3-6,10H2,(H,23,24,25);1-2H,(H,5,6)(H,7,8)/b;2-1-/i1D,2D,3D2,4D2,7D,8D,10D2,14D;/hD. The van der Waals surface area contributed by atoms with Crippen LogP contribution in [0.2, 0.25) is 5.75 Å². The molecule has 4 rings (SSSR count). The molecule has 0 radical (unpaired) electrons. The number of nitrogens with zero attached hydrogens (tertiary/aromatic N) is 4. The molecule has 0 spiro atoms. The average Bonchev–Trinajstić information content (AvgIpc) is 3.26. The Bertz CT molecular complexity index is 1810. The molecular weight excluding hydrogens is 497 g/mol. The Kier molecular flexibility index (Phi) is 4.91. The Balaban J connectivity index is 0.000000665. The summed E-state index contributed by atoms with van der Waals surface area (Å²) in [6.45, 7) is -5.19. The Morgan fingerprint density at radius 2 is 2.09 bits per heavy atom. The number of piperidine rings is 1. The van der Waals surface area contributed by atoms with E-state index in [0.29, 0.717) is 17.1 Å². The fourth-order valence-corrected chi connectivity index (χ4v) is 3.37. The molecule has 3 N–H and O–H groups in total. The van der Waals surface area contributed by atoms with Crippen LogP contribution in [0.5, 0.6) is 0 Å². The minimum absolute atomic E-state index is 0.0181. The van der Waals surface area contributed by atoms with Gasteiger partial charge in [-0.2, -0.15) is 5.26 Å². The third-order valence-electron chi connectivity index (χ3n) is 3.81. The van der Waals surface area contributed by atoms with E-state index >= 15 is 0 Å². The summed E-state index contributed by atoms with van der Waals surface area (Å²) in [5.41, 5.74) is -1.94. The summed E-state index contributed by atoms with van der Waals surface area (Å²) in [6, 6.07) is -5.33. The number of benzene rings is 1. The van der Waals surface area contributed by atoms with E-state index in [1.54, 1.807) is 0 Å². The van der Waals surface area contributed by atoms with E-state index in [1.807, 2.05) is 0 Å². The second kappa shape index (κ2) is 12.2. The number of hydrogen-bond donors (Lipinski definition) is 3. The number of rotatable bonds is 6. The van der Waals surface area contributed by atoms with Crippen molar-refractivity contribution in [3.05, 3.63) is 63.9 Å². The minimum atomic E-state index is -3.09. The summed E-state index contributed by atoms with van der Waals surface area (Å²) in [5, 5.41) is 24.9. The molecule has 1 aromatic carbocycles. The van der Waals surface area contributed by atoms with Crippen LogP contribution in [0.25, 0.3) is 10.2 Å². The van der Waals surface area contributed by atoms with Crippen LogP contribution in [0.3, 0.4) is 0 Å². The summed E-state index contributed by atoms with van der Waals surface area (Å²) < 4.78 is 116. The minimum Gasteiger partial charge on any atom is -0.478 e. The number of fused-ring (bicyclic) bond motifs is 1. The lowest BCUT2D eigenvalue weighted by molar-refractivity contribution is -0.134. The molecule has 2 aromatic heterocycles. The number of thiophene rings is 1. The highest BCUT2D eigenvalue weighted by atomic mass is 35.5. The molecule has 9 nitrogen and oxygen atoms in total. The van der Waals surface area contributed by atoms with Gasteiger partial charge in [-0.05, 0) is 36.4 Å². The first kappa shape index (κ1) is 14.1. The monoisotopic (exact) mass is 529 g/mol. The Morgan fingerprint density at radius 3 is 2.71 bits per heavy atom. The summed E-state index contributed by atoms with van der Waals surface area (Å²) in [6.07, 6.45) is -4.02. The second-order valence-electron chi connectivity index (χ2n) is 6.22. The van der Waals surface area contributed by atoms with E-state index in [1.165, 1.54) is 6.07 Å². The first-order chi connectivity index (χ1) is 21.5. The number of likely N-dealkylation sites (tertiary alicyclic amines) is 1. The highest BCUT2D eigenvalue weighted by Gasteiger charge is 2.21. The highest BCUT2D eigenvalue weighted by molar-refractivity contribution is 7.22. The van der Waals surface area contributed by atoms with Crippen LogP contribution in [0, 0.1) is 17.1 Å². The topological polar surface area (TPSA) is 139 Å². The number of halogens is 2. The van der Waals surface area contributed by atoms with E-state index in [-0.39, 0.29) is 25.9 Å². The quantitative estimate of drug-likeness (QED) is 0.402. The number of carboxylic acid groups (broad SMARTS) is 2. The molecule has 3 aromatic rings. The fraction of sp³-hybridized carbons (Fsp3) is 0.261. The number of hydrogen-bond acceptors (Lipinski definition) is 8. The summed E-state index contributed by atoms with van der Waals surface area (Å²) in [4.78, 5) is 27.6. The zero-order valence-corrected chi connectivity index (χ0v) is 18.8. The smallest absolute Gasteiger partial charge is 0.328 e. The number of carboxylic acids is 2. The second-order valence-corrected chi connectivity index (χ2v) is 7.82. The van der Waals surface area contributed by atoms with Gasteiger partial charge in [0.2, 0.25) is 0 Å². The van der Waals surface area contributed by atoms with E-state index < -0.39 is 91.2 Å². The van der Waals surface area contributed by atoms with Gasteiger partial charge in [-0.25, -0.2) is 23.9 Å². The molecule has 0 bridgehead atoms. The van der Waals surface area contributed by atoms with Gasteiger partial charge in [0.1, 0.15) is 28.9 Å². The van der Waals surface area contributed by atoms with Crippen LogP contribution >= 0.6 is 22.9 Å². The molecule has 35 heavy (non-hydrogen) atoms. The molecule has 12 heteroatoms. The maximum Gasteiger partial charge on any atom is 0.328 e. The molecule has 1 aliphatic heterocycles. The van der Waals surface area contributed by atoms with Crippen molar-refractivity contribution in [1.82, 2.24) is 14.9 Å². The first-order valence-electron chi connectivity index (χ1n) is 15.2. The van der Waals surface area contributed by atoms with Crippen molar-refractivity contribution in [2.24, 2.45) is 0 Å². The van der Waals surface area contributed by atoms with Crippen molar-refractivity contribution < 1.29 is 40.7 Å². The number of aromatic nitrogens is 2. The van der Waals surface area contributed by atoms with Gasteiger partial charge >= 0.3 is 11.9 Å². The third-order valence-corrected chi connectivity index (χ3v) is 4.92. The Labute approximate surface area is 226 Å². The van der Waals surface area contributed by atoms with E-state index in [0.717, 1.165) is 17.7 Å². The zero-order chi connectivity index (χ0) is 36.0. The molecule has 3 heterocycles. The largest absolute Gasteiger partial charge is 0.478 e. The van der Waals surface area contributed by atoms with Gasteiger partial charge in [-0.15, -0.1) is 11.3 Å². The van der Waals surface area contributed by atoms with Crippen molar-refractivity contribution >= 4 is 50.9 Å². The van der Waals surface area contributed by atoms with Crippen molar-refractivity contribution in [1.29, 1.82) is 5.26 Å². The summed E-state index contributed by atoms with van der Waals surface area (Å²) >= 11 is 6.88. The lowest BCUT2D eigenvalue weighted by Gasteiger charge is -2.32. The third kappa shape index (κ3) is 7.71. The van der Waals surface area contributed by atoms with E-state index in [9.17, 15) is 19.2 Å². The lowest BCUT2D eigenvalue weighted by Crippen LogP contribution is -2.38. The fourth-order valence-electron chi connectivity index (χ4n) is 2.39. The lowest BCUT2D eigenvalue weighted by atomic mass is 10.0. The van der Waals surface area contributed by atoms with Crippen LogP contribution in [0.1, 0.15) is 39.0 Å². The van der Waals surface area contributed by atoms with Crippen LogP contribution in [0.4, 0.5) is 10.2 Å². The van der Waals surface area contributed by atoms with Crippen LogP contribution in [-0.4, -0.2) is 56.1 Å². The maximum atomic E-state index is 14.3. The van der Waals surface area contributed by atoms with Gasteiger partial charge in [-0.3, -0.25) is 4.90 Å². The van der Waals surface area contributed by atoms with Crippen molar-refractivity contribution in [3.63, 3.8) is 0 Å². The number of anilines is 1. The SMILES string of the molecule is O=C(O)/C=C\C(=O)O.[2H]c1c([2H])c(C([2H])([2H])N2CC([2H])([2H])C([2H])(N([2H])c3ncnc4sc(Cl)c([2H])c34)C([2H])([2H])C2)c([2H])c(C#N)c1F. The van der Waals surface area contributed by atoms with Crippen LogP contribution < -0.4 is 5.31 Å². The predicted octanol–water partition coefficient (Wildman–Crippen LogP) is 4.14. The maximum absolute atomic E-state index is 14.3. The molecule has 0 saturated carbocycles. The summed E-state index contributed by atoms with van der Waals surface area (Å²) in [5.74, 6) is -4.48. The van der Waals surface area contributed by atoms with E-state index in [2.05, 4.69) is 9.97 Å². The molecule has 182 valence electrons. The zero-order valence-electron chi connectivity index (χ0n) is 29.3. The molecule has 1 aliphatic rings. The predicted molar refractivity (Wildman–Crippen MR) is 130 cm³/mol. The van der Waals surface area contributed by atoms with Gasteiger partial charge in [-0.1, -0.05) is 17.6 Å². The van der Waals surface area contributed by atoms with Gasteiger partial charge < -0.3 is 15.5 Å². The van der Waals surface area contributed by atoms with Crippen LogP contribution in [-0.2, 0) is 16.1 Å². The summed E-state index contributed by atoms with van der Waals surface area (Å²) in [7, 11) is 0. The first-order valence-corrected chi connectivity index (χ1v) is 10.4. The Morgan fingerprint density at radius 1 is 1.40 bits per heavy atom. The van der Waals surface area contributed by atoms with Crippen molar-refractivity contribution in [2.75, 3.05) is 18.4 Å². The van der Waals surface area contributed by atoms with Crippen molar-refractivity contribution in [3.8, 4) is 6.07 Å². The molecule has 0 aliphatic carbocycles. The van der Waals surface area contributed by atoms with Gasteiger partial charge in [0.05, 0.1) is 22.1 Å². The molecule has 1 fully saturated rings. The van der Waals surface area contributed by atoms with Crippen molar-refractivity contribution in [2.45, 2.75) is 25.3 Å². The molecule has 1 saturated heterocycles. The molecular formula is C23H21ClFN5O4S. The highest BCUT2D eigenvalue weighted by Crippen LogP contribution is 2.32. The number of nitriles is 1. The molecule has 0 amide bonds. The Hall–Kier alpha value is -3.59. The molecule has 0 atom stereocenters. The van der Waals surface area contributed by atoms with Gasteiger partial charge in [0.15, 0.2) is 1.41 Å². The number of aliphatic carboxylic acids is 2. The van der Waals surface area contributed by atoms with E-state index in [4.69, 9.17) is 38.3 Å². The molecule has 0 unspecified atom stereocenters. The normalized spacial score (nSPS) is 23.5.